The van der Waals surface area contributed by atoms with E-state index in [0.29, 0.717) is 30.7 Å². The fourth-order valence-corrected chi connectivity index (χ4v) is 7.69. The number of hydrogen-bond donors (Lipinski definition) is 1. The fourth-order valence-electron chi connectivity index (χ4n) is 7.69. The van der Waals surface area contributed by atoms with Gasteiger partial charge in [-0.2, -0.15) is 0 Å². The lowest BCUT2D eigenvalue weighted by Crippen LogP contribution is -2.48. The highest BCUT2D eigenvalue weighted by Gasteiger charge is 2.51. The fraction of sp³-hybridized carbons (Fsp3) is 0.769. The van der Waals surface area contributed by atoms with Crippen molar-refractivity contribution in [3.63, 3.8) is 0 Å². The van der Waals surface area contributed by atoms with Gasteiger partial charge in [-0.1, -0.05) is 18.6 Å². The van der Waals surface area contributed by atoms with Gasteiger partial charge in [-0.25, -0.2) is 0 Å². The van der Waals surface area contributed by atoms with E-state index in [1.807, 2.05) is 0 Å². The van der Waals surface area contributed by atoms with E-state index < -0.39 is 6.10 Å². The molecule has 6 rings (SSSR count). The van der Waals surface area contributed by atoms with Crippen LogP contribution in [0.25, 0.3) is 0 Å². The Morgan fingerprint density at radius 2 is 1.52 bits per heavy atom. The molecule has 0 aromatic heterocycles. The molecule has 0 amide bonds. The lowest BCUT2D eigenvalue weighted by Gasteiger charge is -2.57. The summed E-state index contributed by atoms with van der Waals surface area (Å²) in [5.41, 5.74) is 1.99. The van der Waals surface area contributed by atoms with Gasteiger partial charge in [0.05, 0.1) is 0 Å². The van der Waals surface area contributed by atoms with E-state index in [9.17, 15) is 5.11 Å². The highest BCUT2D eigenvalue weighted by atomic mass is 16.5. The number of nitrogens with zero attached hydrogens (tertiary/aromatic N) is 1. The van der Waals surface area contributed by atoms with Gasteiger partial charge in [0.2, 0.25) is 0 Å². The molecule has 1 aliphatic heterocycles. The number of hydrogen-bond acceptors (Lipinski definition) is 3. The molecular formula is C26H39NO2. The summed E-state index contributed by atoms with van der Waals surface area (Å²) in [7, 11) is 0. The van der Waals surface area contributed by atoms with Crippen LogP contribution in [0, 0.1) is 17.8 Å². The molecule has 1 N–H and O–H groups in total. The van der Waals surface area contributed by atoms with Crippen LogP contribution in [0.3, 0.4) is 0 Å². The molecule has 1 heterocycles. The molecule has 0 radical (unpaired) electrons. The number of ether oxygens (including phenoxy) is 1. The Kier molecular flexibility index (Phi) is 5.41. The van der Waals surface area contributed by atoms with E-state index in [4.69, 9.17) is 4.74 Å². The minimum atomic E-state index is -0.430. The van der Waals surface area contributed by atoms with Gasteiger partial charge in [0.15, 0.2) is 0 Å². The van der Waals surface area contributed by atoms with Crippen LogP contribution in [0.5, 0.6) is 5.75 Å². The highest BCUT2D eigenvalue weighted by molar-refractivity contribution is 5.34. The quantitative estimate of drug-likeness (QED) is 0.720. The molecule has 1 aromatic rings. The SMILES string of the molecule is C[C@@H]1CCC[C@@H](C)N1C[C@@H](O)COc1ccc(C23CC4CC(CC(C4)C2)C3)cc1. The van der Waals surface area contributed by atoms with Crippen LogP contribution >= 0.6 is 0 Å². The average molecular weight is 398 g/mol. The number of likely N-dealkylation sites (tertiary alicyclic amines) is 1. The van der Waals surface area contributed by atoms with Crippen molar-refractivity contribution in [1.29, 1.82) is 0 Å². The van der Waals surface area contributed by atoms with Crippen molar-refractivity contribution in [2.75, 3.05) is 13.2 Å². The Balaban J connectivity index is 1.17. The molecule has 4 aliphatic carbocycles. The first-order valence-electron chi connectivity index (χ1n) is 12.2. The number of rotatable bonds is 6. The van der Waals surface area contributed by atoms with Crippen LogP contribution in [0.4, 0.5) is 0 Å². The number of aliphatic hydroxyl groups is 1. The second kappa shape index (κ2) is 7.89. The first-order valence-corrected chi connectivity index (χ1v) is 12.2. The Hall–Kier alpha value is -1.06. The maximum Gasteiger partial charge on any atom is 0.119 e. The van der Waals surface area contributed by atoms with Crippen LogP contribution in [-0.4, -0.2) is 41.3 Å². The first kappa shape index (κ1) is 19.9. The maximum absolute atomic E-state index is 10.5. The summed E-state index contributed by atoms with van der Waals surface area (Å²) in [6.45, 7) is 5.67. The summed E-state index contributed by atoms with van der Waals surface area (Å²) in [6.07, 6.45) is 12.1. The number of β-amino-alcohol motifs (C(OH)–C–C–N with tert-alkyl or cyclic N) is 1. The molecule has 29 heavy (non-hydrogen) atoms. The zero-order chi connectivity index (χ0) is 20.0. The summed E-state index contributed by atoms with van der Waals surface area (Å²) >= 11 is 0. The second-order valence-electron chi connectivity index (χ2n) is 11.0. The van der Waals surface area contributed by atoms with E-state index in [1.165, 1.54) is 57.8 Å². The Morgan fingerprint density at radius 1 is 0.966 bits per heavy atom. The van der Waals surface area contributed by atoms with Crippen LogP contribution in [-0.2, 0) is 5.41 Å². The van der Waals surface area contributed by atoms with Gasteiger partial charge in [0.25, 0.3) is 0 Å². The Morgan fingerprint density at radius 3 is 2.07 bits per heavy atom. The van der Waals surface area contributed by atoms with E-state index in [0.717, 1.165) is 23.5 Å². The standard InChI is InChI=1S/C26H39NO2/c1-18-4-3-5-19(2)27(18)16-24(28)17-29-25-8-6-23(7-9-25)26-13-20-10-21(14-26)12-22(11-20)15-26/h6-9,18-22,24,28H,3-5,10-17H2,1-2H3/t18-,19-,20?,21?,22?,24-,26?/m1/s1. The van der Waals surface area contributed by atoms with Crippen LogP contribution in [0.15, 0.2) is 24.3 Å². The van der Waals surface area contributed by atoms with Gasteiger partial charge in [-0.05, 0) is 106 Å². The van der Waals surface area contributed by atoms with Gasteiger partial charge < -0.3 is 9.84 Å². The number of aliphatic hydroxyl groups excluding tert-OH is 1. The monoisotopic (exact) mass is 397 g/mol. The van der Waals surface area contributed by atoms with Crippen molar-refractivity contribution in [1.82, 2.24) is 4.90 Å². The summed E-state index contributed by atoms with van der Waals surface area (Å²) in [5.74, 6) is 3.84. The highest BCUT2D eigenvalue weighted by Crippen LogP contribution is 2.60. The number of piperidine rings is 1. The Labute approximate surface area is 176 Å². The molecule has 3 nitrogen and oxygen atoms in total. The van der Waals surface area contributed by atoms with Gasteiger partial charge in [-0.15, -0.1) is 0 Å². The molecule has 5 aliphatic rings. The molecular weight excluding hydrogens is 358 g/mol. The predicted octanol–water partition coefficient (Wildman–Crippen LogP) is 5.16. The molecule has 1 saturated heterocycles. The van der Waals surface area contributed by atoms with Crippen molar-refractivity contribution in [3.05, 3.63) is 29.8 Å². The van der Waals surface area contributed by atoms with Gasteiger partial charge in [0.1, 0.15) is 18.5 Å². The molecule has 0 spiro atoms. The third-order valence-corrected chi connectivity index (χ3v) is 8.74. The third-order valence-electron chi connectivity index (χ3n) is 8.74. The zero-order valence-corrected chi connectivity index (χ0v) is 18.4. The molecule has 4 saturated carbocycles. The van der Waals surface area contributed by atoms with Crippen LogP contribution < -0.4 is 4.74 Å². The molecule has 3 atom stereocenters. The summed E-state index contributed by atoms with van der Waals surface area (Å²) in [5, 5.41) is 10.5. The normalized spacial score (nSPS) is 40.2. The topological polar surface area (TPSA) is 32.7 Å². The lowest BCUT2D eigenvalue weighted by atomic mass is 9.48. The van der Waals surface area contributed by atoms with Crippen molar-refractivity contribution in [2.45, 2.75) is 95.2 Å². The van der Waals surface area contributed by atoms with E-state index in [-0.39, 0.29) is 0 Å². The molecule has 4 bridgehead atoms. The largest absolute Gasteiger partial charge is 0.491 e. The third kappa shape index (κ3) is 3.97. The maximum atomic E-state index is 10.5. The molecule has 3 heteroatoms. The Bertz CT molecular complexity index is 654. The summed E-state index contributed by atoms with van der Waals surface area (Å²) < 4.78 is 5.98. The summed E-state index contributed by atoms with van der Waals surface area (Å²) in [4.78, 5) is 2.45. The zero-order valence-electron chi connectivity index (χ0n) is 18.4. The van der Waals surface area contributed by atoms with E-state index in [1.54, 1.807) is 5.56 Å². The van der Waals surface area contributed by atoms with Crippen molar-refractivity contribution < 1.29 is 9.84 Å². The van der Waals surface area contributed by atoms with E-state index in [2.05, 4.69) is 43.0 Å². The predicted molar refractivity (Wildman–Crippen MR) is 117 cm³/mol. The van der Waals surface area contributed by atoms with Gasteiger partial charge in [0, 0.05) is 18.6 Å². The van der Waals surface area contributed by atoms with Crippen molar-refractivity contribution in [2.24, 2.45) is 17.8 Å². The van der Waals surface area contributed by atoms with Crippen molar-refractivity contribution in [3.8, 4) is 5.75 Å². The second-order valence-corrected chi connectivity index (χ2v) is 11.0. The van der Waals surface area contributed by atoms with Gasteiger partial charge >= 0.3 is 0 Å². The number of benzene rings is 1. The lowest BCUT2D eigenvalue weighted by molar-refractivity contribution is -0.00524. The molecule has 1 aromatic carbocycles. The minimum Gasteiger partial charge on any atom is -0.491 e. The smallest absolute Gasteiger partial charge is 0.119 e. The van der Waals surface area contributed by atoms with Gasteiger partial charge in [-0.3, -0.25) is 4.90 Å². The van der Waals surface area contributed by atoms with Crippen molar-refractivity contribution >= 4 is 0 Å². The van der Waals surface area contributed by atoms with Crippen LogP contribution in [0.1, 0.15) is 77.2 Å². The van der Waals surface area contributed by atoms with Crippen LogP contribution in [0.2, 0.25) is 0 Å². The first-order chi connectivity index (χ1) is 14.0. The molecule has 5 fully saturated rings. The summed E-state index contributed by atoms with van der Waals surface area (Å²) in [6, 6.07) is 10.1. The molecule has 160 valence electrons. The average Bonchev–Trinajstić information content (AvgIpc) is 2.69. The van der Waals surface area contributed by atoms with E-state index >= 15 is 0 Å². The molecule has 0 unspecified atom stereocenters. The minimum absolute atomic E-state index is 0.382.